The molecule has 110 valence electrons. The lowest BCUT2D eigenvalue weighted by molar-refractivity contribution is -0.115. The second-order valence-electron chi connectivity index (χ2n) is 6.25. The Morgan fingerprint density at radius 3 is 2.30 bits per heavy atom. The van der Waals surface area contributed by atoms with E-state index in [1.54, 1.807) is 4.90 Å². The minimum absolute atomic E-state index is 0.149. The Morgan fingerprint density at radius 1 is 1.25 bits per heavy atom. The Balaban J connectivity index is 1.92. The van der Waals surface area contributed by atoms with Gasteiger partial charge in [0, 0.05) is 18.7 Å². The number of nitrogens with zero attached hydrogens (tertiary/aromatic N) is 3. The summed E-state index contributed by atoms with van der Waals surface area (Å²) in [5.41, 5.74) is 0.950. The third-order valence-electron chi connectivity index (χ3n) is 3.47. The van der Waals surface area contributed by atoms with Gasteiger partial charge >= 0.3 is 6.09 Å². The van der Waals surface area contributed by atoms with Crippen molar-refractivity contribution >= 4 is 12.0 Å². The van der Waals surface area contributed by atoms with Gasteiger partial charge in [0.1, 0.15) is 5.60 Å². The molecule has 0 aromatic carbocycles. The fraction of sp³-hybridized carbons (Fsp3) is 0.714. The molecule has 20 heavy (non-hydrogen) atoms. The van der Waals surface area contributed by atoms with Crippen LogP contribution in [-0.2, 0) is 9.53 Å². The number of carbonyl (C=O) groups is 2. The Kier molecular flexibility index (Phi) is 3.92. The maximum Gasteiger partial charge on any atom is 0.410 e. The van der Waals surface area contributed by atoms with Crippen LogP contribution < -0.4 is 0 Å². The van der Waals surface area contributed by atoms with E-state index in [1.807, 2.05) is 27.7 Å². The van der Waals surface area contributed by atoms with Gasteiger partial charge < -0.3 is 9.64 Å². The summed E-state index contributed by atoms with van der Waals surface area (Å²) in [6.07, 6.45) is 1.22. The third kappa shape index (κ3) is 3.23. The number of hydrogen-bond acceptors (Lipinski definition) is 4. The smallest absolute Gasteiger partial charge is 0.410 e. The first-order valence-corrected chi connectivity index (χ1v) is 6.92. The molecule has 0 aromatic heterocycles. The molecule has 0 atom stereocenters. The molecule has 1 saturated heterocycles. The van der Waals surface area contributed by atoms with Crippen LogP contribution in [0.4, 0.5) is 4.79 Å². The zero-order valence-corrected chi connectivity index (χ0v) is 12.5. The number of hydrogen-bond donors (Lipinski definition) is 0. The van der Waals surface area contributed by atoms with Crippen molar-refractivity contribution in [3.05, 3.63) is 11.3 Å². The molecular formula is C14H21N3O3. The van der Waals surface area contributed by atoms with Crippen LogP contribution in [-0.4, -0.2) is 35.6 Å². The van der Waals surface area contributed by atoms with Crippen molar-refractivity contribution in [3.63, 3.8) is 0 Å². The molecular weight excluding hydrogens is 258 g/mol. The molecule has 6 heteroatoms. The number of allylic oxidation sites excluding steroid dienone is 1. The highest BCUT2D eigenvalue weighted by Crippen LogP contribution is 2.31. The molecule has 2 amide bonds. The van der Waals surface area contributed by atoms with E-state index in [0.29, 0.717) is 24.4 Å². The van der Waals surface area contributed by atoms with Crippen LogP contribution in [0.3, 0.4) is 0 Å². The number of rotatable bonds is 1. The lowest BCUT2D eigenvalue weighted by Crippen LogP contribution is -2.42. The van der Waals surface area contributed by atoms with Gasteiger partial charge in [-0.25, -0.2) is 4.79 Å². The maximum absolute atomic E-state index is 12.0. The van der Waals surface area contributed by atoms with Crippen LogP contribution in [0.2, 0.25) is 0 Å². The zero-order chi connectivity index (χ0) is 14.9. The maximum atomic E-state index is 12.0. The summed E-state index contributed by atoms with van der Waals surface area (Å²) in [4.78, 5) is 25.3. The van der Waals surface area contributed by atoms with Gasteiger partial charge in [-0.05, 0) is 46.5 Å². The van der Waals surface area contributed by atoms with Crippen LogP contribution in [0.15, 0.2) is 21.5 Å². The number of azo groups is 1. The van der Waals surface area contributed by atoms with Gasteiger partial charge in [-0.15, -0.1) is 5.11 Å². The number of amides is 2. The van der Waals surface area contributed by atoms with E-state index < -0.39 is 5.60 Å². The monoisotopic (exact) mass is 279 g/mol. The zero-order valence-electron chi connectivity index (χ0n) is 12.5. The molecule has 6 nitrogen and oxygen atoms in total. The first-order valence-electron chi connectivity index (χ1n) is 6.92. The summed E-state index contributed by atoms with van der Waals surface area (Å²) < 4.78 is 5.35. The van der Waals surface area contributed by atoms with Gasteiger partial charge in [0.2, 0.25) is 0 Å². The predicted molar refractivity (Wildman–Crippen MR) is 73.1 cm³/mol. The lowest BCUT2D eigenvalue weighted by atomic mass is 9.88. The Bertz CT molecular complexity index is 480. The molecule has 0 N–H and O–H groups in total. The third-order valence-corrected chi connectivity index (χ3v) is 3.47. The number of ether oxygens (including phenoxy) is 1. The van der Waals surface area contributed by atoms with Gasteiger partial charge in [0.15, 0.2) is 0 Å². The summed E-state index contributed by atoms with van der Waals surface area (Å²) in [5, 5.41) is 7.41. The van der Waals surface area contributed by atoms with Gasteiger partial charge in [-0.1, -0.05) is 0 Å². The summed E-state index contributed by atoms with van der Waals surface area (Å²) >= 11 is 0. The van der Waals surface area contributed by atoms with E-state index in [1.165, 1.54) is 0 Å². The Morgan fingerprint density at radius 2 is 1.85 bits per heavy atom. The van der Waals surface area contributed by atoms with E-state index in [9.17, 15) is 9.59 Å². The van der Waals surface area contributed by atoms with Crippen LogP contribution >= 0.6 is 0 Å². The second-order valence-corrected chi connectivity index (χ2v) is 6.25. The van der Waals surface area contributed by atoms with Gasteiger partial charge in [-0.2, -0.15) is 5.11 Å². The first-order chi connectivity index (χ1) is 9.28. The molecule has 2 heterocycles. The lowest BCUT2D eigenvalue weighted by Gasteiger charge is -2.33. The van der Waals surface area contributed by atoms with Crippen molar-refractivity contribution in [2.24, 2.45) is 16.1 Å². The molecule has 2 aliphatic heterocycles. The SMILES string of the molecule is CC1=C(C2CCN(C(=O)OC(C)(C)C)CC2)C(=O)N=N1. The summed E-state index contributed by atoms with van der Waals surface area (Å²) in [7, 11) is 0. The molecule has 0 spiro atoms. The van der Waals surface area contributed by atoms with Crippen LogP contribution in [0, 0.1) is 5.92 Å². The minimum Gasteiger partial charge on any atom is -0.444 e. The van der Waals surface area contributed by atoms with Crippen LogP contribution in [0.5, 0.6) is 0 Å². The van der Waals surface area contributed by atoms with Crippen molar-refractivity contribution in [1.82, 2.24) is 4.90 Å². The quantitative estimate of drug-likeness (QED) is 0.741. The average Bonchev–Trinajstić information content (AvgIpc) is 2.67. The predicted octanol–water partition coefficient (Wildman–Crippen LogP) is 2.90. The molecule has 0 saturated carbocycles. The summed E-state index contributed by atoms with van der Waals surface area (Å²) in [6, 6.07) is 0. The Labute approximate surface area is 118 Å². The fourth-order valence-electron chi connectivity index (χ4n) is 2.53. The average molecular weight is 279 g/mol. The van der Waals surface area contributed by atoms with Crippen molar-refractivity contribution in [2.75, 3.05) is 13.1 Å². The van der Waals surface area contributed by atoms with E-state index >= 15 is 0 Å². The fourth-order valence-corrected chi connectivity index (χ4v) is 2.53. The van der Waals surface area contributed by atoms with Crippen molar-refractivity contribution < 1.29 is 14.3 Å². The van der Waals surface area contributed by atoms with Crippen LogP contribution in [0.1, 0.15) is 40.5 Å². The van der Waals surface area contributed by atoms with Crippen molar-refractivity contribution in [1.29, 1.82) is 0 Å². The molecule has 0 unspecified atom stereocenters. The van der Waals surface area contributed by atoms with Crippen molar-refractivity contribution in [3.8, 4) is 0 Å². The topological polar surface area (TPSA) is 71.3 Å². The highest BCUT2D eigenvalue weighted by Gasteiger charge is 2.32. The highest BCUT2D eigenvalue weighted by atomic mass is 16.6. The normalized spacial score (nSPS) is 20.8. The second kappa shape index (κ2) is 5.34. The number of likely N-dealkylation sites (tertiary alicyclic amines) is 1. The Hall–Kier alpha value is -1.72. The van der Waals surface area contributed by atoms with Gasteiger partial charge in [0.05, 0.1) is 5.70 Å². The molecule has 1 fully saturated rings. The van der Waals surface area contributed by atoms with Gasteiger partial charge in [-0.3, -0.25) is 4.79 Å². The van der Waals surface area contributed by atoms with E-state index in [2.05, 4.69) is 10.2 Å². The van der Waals surface area contributed by atoms with Crippen LogP contribution in [0.25, 0.3) is 0 Å². The molecule has 2 aliphatic rings. The molecule has 0 aliphatic carbocycles. The number of piperidine rings is 1. The first kappa shape index (κ1) is 14.7. The largest absolute Gasteiger partial charge is 0.444 e. The van der Waals surface area contributed by atoms with Crippen molar-refractivity contribution in [2.45, 2.75) is 46.1 Å². The molecule has 0 bridgehead atoms. The molecule has 0 radical (unpaired) electrons. The molecule has 2 rings (SSSR count). The summed E-state index contributed by atoms with van der Waals surface area (Å²) in [6.45, 7) is 8.57. The van der Waals surface area contributed by atoms with Gasteiger partial charge in [0.25, 0.3) is 5.91 Å². The highest BCUT2D eigenvalue weighted by molar-refractivity contribution is 5.96. The molecule has 0 aromatic rings. The van der Waals surface area contributed by atoms with E-state index in [0.717, 1.165) is 12.8 Å². The van der Waals surface area contributed by atoms with E-state index in [4.69, 9.17) is 4.74 Å². The standard InChI is InChI=1S/C14H21N3O3/c1-9-11(12(18)16-15-9)10-5-7-17(8-6-10)13(19)20-14(2,3)4/h10H,5-8H2,1-4H3. The van der Waals surface area contributed by atoms with E-state index in [-0.39, 0.29) is 17.9 Å². The minimum atomic E-state index is -0.480. The number of carbonyl (C=O) groups excluding carboxylic acids is 2. The summed E-state index contributed by atoms with van der Waals surface area (Å²) in [5.74, 6) is -0.0746.